The van der Waals surface area contributed by atoms with E-state index in [1.807, 2.05) is 36.4 Å². The molecule has 0 saturated heterocycles. The van der Waals surface area contributed by atoms with E-state index >= 15 is 26.3 Å². The molecule has 0 nitrogen and oxygen atoms in total. The molecule has 10 aromatic carbocycles. The summed E-state index contributed by atoms with van der Waals surface area (Å²) in [5.74, 6) is -9.21. The molecule has 0 fully saturated rings. The van der Waals surface area contributed by atoms with Crippen LogP contribution >= 0.6 is 0 Å². The van der Waals surface area contributed by atoms with Crippen LogP contribution in [0, 0.1) is 34.9 Å². The molecule has 0 aromatic heterocycles. The van der Waals surface area contributed by atoms with Gasteiger partial charge in [0.15, 0.2) is 34.9 Å². The van der Waals surface area contributed by atoms with Crippen molar-refractivity contribution in [1.82, 2.24) is 0 Å². The van der Waals surface area contributed by atoms with Gasteiger partial charge in [-0.3, -0.25) is 0 Å². The lowest BCUT2D eigenvalue weighted by Crippen LogP contribution is -2.05. The fraction of sp³-hybridized carbons (Fsp3) is 0. The third-order valence-corrected chi connectivity index (χ3v) is 8.80. The van der Waals surface area contributed by atoms with Gasteiger partial charge in [0, 0.05) is 43.1 Å². The van der Waals surface area contributed by atoms with Gasteiger partial charge in [-0.15, -0.1) is 0 Å². The van der Waals surface area contributed by atoms with Crippen molar-refractivity contribution in [2.75, 3.05) is 0 Å². The number of halogens is 6. The number of hydrogen-bond donors (Lipinski definition) is 0. The van der Waals surface area contributed by atoms with Crippen LogP contribution in [0.1, 0.15) is 0 Å². The van der Waals surface area contributed by atoms with Gasteiger partial charge >= 0.3 is 0 Å². The molecule has 0 N–H and O–H groups in total. The molecule has 0 unspecified atom stereocenters. The fourth-order valence-electron chi connectivity index (χ4n) is 7.44. The minimum atomic E-state index is -1.74. The summed E-state index contributed by atoms with van der Waals surface area (Å²) in [6, 6.07) is 14.4. The van der Waals surface area contributed by atoms with Crippen molar-refractivity contribution in [2.45, 2.75) is 0 Å². The van der Waals surface area contributed by atoms with Crippen molar-refractivity contribution in [3.63, 3.8) is 0 Å². The quantitative estimate of drug-likeness (QED) is 0.109. The van der Waals surface area contributed by atoms with Crippen LogP contribution in [0.15, 0.2) is 48.5 Å². The average molecular weight is 506 g/mol. The zero-order chi connectivity index (χ0) is 25.5. The summed E-state index contributed by atoms with van der Waals surface area (Å²) in [5, 5.41) is 5.51. The van der Waals surface area contributed by atoms with E-state index in [1.165, 1.54) is 12.1 Å². The first-order chi connectivity index (χ1) is 18.4. The van der Waals surface area contributed by atoms with Crippen molar-refractivity contribution in [1.29, 1.82) is 0 Å². The summed E-state index contributed by atoms with van der Waals surface area (Å²) in [6.45, 7) is 0. The molecule has 0 heterocycles. The second kappa shape index (κ2) is 5.63. The van der Waals surface area contributed by atoms with Crippen LogP contribution in [0.3, 0.4) is 0 Å². The van der Waals surface area contributed by atoms with Gasteiger partial charge in [0.05, 0.1) is 10.8 Å². The van der Waals surface area contributed by atoms with Crippen LogP contribution in [0.25, 0.3) is 97.0 Å². The molecule has 0 saturated carbocycles. The normalized spacial score (nSPS) is 13.5. The number of hydrogen-bond acceptors (Lipinski definition) is 0. The summed E-state index contributed by atoms with van der Waals surface area (Å²) in [7, 11) is 0. The van der Waals surface area contributed by atoms with Gasteiger partial charge in [0.25, 0.3) is 0 Å². The highest BCUT2D eigenvalue weighted by Crippen LogP contribution is 2.56. The average Bonchev–Trinajstić information content (AvgIpc) is 2.93. The molecule has 0 aliphatic heterocycles. The summed E-state index contributed by atoms with van der Waals surface area (Å²) >= 11 is 0. The zero-order valence-electron chi connectivity index (χ0n) is 18.9. The third kappa shape index (κ3) is 1.71. The van der Waals surface area contributed by atoms with E-state index in [9.17, 15) is 0 Å². The van der Waals surface area contributed by atoms with E-state index in [4.69, 9.17) is 0 Å². The molecule has 0 bridgehead atoms. The lowest BCUT2D eigenvalue weighted by molar-refractivity contribution is 0.492. The third-order valence-electron chi connectivity index (χ3n) is 8.80. The summed E-state index contributed by atoms with van der Waals surface area (Å²) in [4.78, 5) is 0. The Labute approximate surface area is 206 Å². The van der Waals surface area contributed by atoms with Gasteiger partial charge in [0.2, 0.25) is 0 Å². The molecule has 0 aliphatic rings. The first-order valence-corrected chi connectivity index (χ1v) is 12.0. The van der Waals surface area contributed by atoms with Crippen molar-refractivity contribution >= 4 is 97.0 Å². The molecule has 0 atom stereocenters. The van der Waals surface area contributed by atoms with Gasteiger partial charge < -0.3 is 0 Å². The summed E-state index contributed by atoms with van der Waals surface area (Å²) < 4.78 is 93.3. The number of benzene rings is 10. The molecular weight excluding hydrogens is 498 g/mol. The number of rotatable bonds is 0. The Bertz CT molecular complexity index is 2480. The van der Waals surface area contributed by atoms with Crippen molar-refractivity contribution in [3.8, 4) is 0 Å². The fourth-order valence-corrected chi connectivity index (χ4v) is 7.44. The van der Waals surface area contributed by atoms with Gasteiger partial charge in [-0.25, -0.2) is 26.3 Å². The predicted octanol–water partition coefficient (Wildman–Crippen LogP) is 10.1. The lowest BCUT2D eigenvalue weighted by Gasteiger charge is -2.26. The van der Waals surface area contributed by atoms with E-state index < -0.39 is 45.7 Å². The highest BCUT2D eigenvalue weighted by Gasteiger charge is 2.34. The Morgan fingerprint density at radius 1 is 0.263 bits per heavy atom. The van der Waals surface area contributed by atoms with Gasteiger partial charge in [-0.1, -0.05) is 36.4 Å². The van der Waals surface area contributed by atoms with Crippen molar-refractivity contribution < 1.29 is 26.3 Å². The maximum atomic E-state index is 15.7. The molecule has 178 valence electrons. The minimum absolute atomic E-state index is 0.115. The summed E-state index contributed by atoms with van der Waals surface area (Å²) in [5.41, 5.74) is 0. The van der Waals surface area contributed by atoms with E-state index in [-0.39, 0.29) is 32.3 Å². The smallest absolute Gasteiger partial charge is 0.170 e. The van der Waals surface area contributed by atoms with Crippen LogP contribution in [0.4, 0.5) is 26.3 Å². The Morgan fingerprint density at radius 3 is 0.947 bits per heavy atom. The zero-order valence-corrected chi connectivity index (χ0v) is 18.9. The maximum absolute atomic E-state index is 15.7. The standard InChI is InChI=1S/C32H8F6/c33-27-13-7-11-5-3-9-1-2-10-4-6-12-8-14-20-22-18(12)16(10)15(9)17(11)21(22)19(13)23-24(20)26(30(36)28(14)34)32(38)31(37)25(23)29(27)35/h1-8H. The van der Waals surface area contributed by atoms with Crippen molar-refractivity contribution in [3.05, 3.63) is 83.4 Å². The monoisotopic (exact) mass is 506 g/mol. The van der Waals surface area contributed by atoms with Gasteiger partial charge in [-0.05, 0) is 55.2 Å². The van der Waals surface area contributed by atoms with Crippen LogP contribution in [-0.2, 0) is 0 Å². The molecular formula is C32H8F6. The SMILES string of the molecule is Fc1c(F)c2c(F)c(F)c3c(F)c(F)c4cc5ccc6ccc7ccc8cc1c1c2c3c4c2c5c6c7c8c12. The Morgan fingerprint density at radius 2 is 0.553 bits per heavy atom. The van der Waals surface area contributed by atoms with Crippen LogP contribution < -0.4 is 0 Å². The van der Waals surface area contributed by atoms with E-state index in [0.717, 1.165) is 32.3 Å². The molecule has 0 spiro atoms. The Hall–Kier alpha value is -4.58. The first-order valence-electron chi connectivity index (χ1n) is 12.0. The molecule has 0 radical (unpaired) electrons. The predicted molar refractivity (Wildman–Crippen MR) is 140 cm³/mol. The van der Waals surface area contributed by atoms with Crippen molar-refractivity contribution in [2.24, 2.45) is 0 Å². The second-order valence-electron chi connectivity index (χ2n) is 10.3. The topological polar surface area (TPSA) is 0 Å². The Balaban J connectivity index is 1.80. The molecule has 6 heteroatoms. The second-order valence-corrected chi connectivity index (χ2v) is 10.3. The Kier molecular flexibility index (Phi) is 2.89. The van der Waals surface area contributed by atoms with E-state index in [0.29, 0.717) is 21.5 Å². The van der Waals surface area contributed by atoms with Gasteiger partial charge in [-0.2, -0.15) is 0 Å². The molecule has 38 heavy (non-hydrogen) atoms. The molecule has 0 amide bonds. The molecule has 10 rings (SSSR count). The highest BCUT2D eigenvalue weighted by molar-refractivity contribution is 6.53. The largest absolute Gasteiger partial charge is 0.203 e. The van der Waals surface area contributed by atoms with E-state index in [2.05, 4.69) is 0 Å². The van der Waals surface area contributed by atoms with E-state index in [1.54, 1.807) is 0 Å². The molecule has 10 aromatic rings. The van der Waals surface area contributed by atoms with Crippen LogP contribution in [-0.4, -0.2) is 0 Å². The van der Waals surface area contributed by atoms with Crippen LogP contribution in [0.5, 0.6) is 0 Å². The maximum Gasteiger partial charge on any atom is 0.170 e. The van der Waals surface area contributed by atoms with Crippen LogP contribution in [0.2, 0.25) is 0 Å². The highest BCUT2D eigenvalue weighted by atomic mass is 19.2. The first kappa shape index (κ1) is 19.5. The molecule has 0 aliphatic carbocycles. The summed E-state index contributed by atoms with van der Waals surface area (Å²) in [6.07, 6.45) is 0. The lowest BCUT2D eigenvalue weighted by atomic mass is 9.77. The minimum Gasteiger partial charge on any atom is -0.203 e. The van der Waals surface area contributed by atoms with Gasteiger partial charge in [0.1, 0.15) is 0 Å².